The molecule has 1 fully saturated rings. The van der Waals surface area contributed by atoms with Gasteiger partial charge in [0.15, 0.2) is 5.78 Å². The summed E-state index contributed by atoms with van der Waals surface area (Å²) in [5, 5.41) is 8.89. The molecular formula is C9H13NO4S2. The van der Waals surface area contributed by atoms with Crippen molar-refractivity contribution in [2.75, 3.05) is 18.1 Å². The first-order chi connectivity index (χ1) is 7.51. The summed E-state index contributed by atoms with van der Waals surface area (Å²) in [5.41, 5.74) is 0. The normalized spacial score (nSPS) is 20.6. The van der Waals surface area contributed by atoms with Gasteiger partial charge in [-0.3, -0.25) is 9.59 Å². The molecule has 1 amide bonds. The molecule has 1 atom stereocenters. The first-order valence-corrected chi connectivity index (χ1v) is 6.04. The molecule has 0 aromatic carbocycles. The molecule has 0 aromatic rings. The van der Waals surface area contributed by atoms with E-state index < -0.39 is 17.9 Å². The highest BCUT2D eigenvalue weighted by atomic mass is 32.1. The lowest BCUT2D eigenvalue weighted by Crippen LogP contribution is -2.44. The highest BCUT2D eigenvalue weighted by Crippen LogP contribution is 2.19. The molecule has 1 saturated heterocycles. The van der Waals surface area contributed by atoms with E-state index in [1.807, 2.05) is 0 Å². The largest absolute Gasteiger partial charge is 0.480 e. The number of nitrogens with zero attached hydrogens (tertiary/aromatic N) is 1. The smallest absolute Gasteiger partial charge is 0.326 e. The van der Waals surface area contributed by atoms with Gasteiger partial charge in [-0.15, -0.1) is 0 Å². The average molecular weight is 263 g/mol. The number of carboxylic acid groups (broad SMARTS) is 1. The Morgan fingerprint density at radius 2 is 2.00 bits per heavy atom. The number of aliphatic carboxylic acids is 1. The van der Waals surface area contributed by atoms with Gasteiger partial charge in [-0.1, -0.05) is 0 Å². The number of likely N-dealkylation sites (tertiary alicyclic amines) is 1. The number of carboxylic acids is 1. The van der Waals surface area contributed by atoms with Crippen LogP contribution in [0.15, 0.2) is 0 Å². The predicted octanol–water partition coefficient (Wildman–Crippen LogP) is -0.283. The monoisotopic (exact) mass is 263 g/mol. The van der Waals surface area contributed by atoms with Gasteiger partial charge in [-0.25, -0.2) is 4.79 Å². The summed E-state index contributed by atoms with van der Waals surface area (Å²) in [6, 6.07) is -1.03. The Balaban J connectivity index is 2.81. The molecular weight excluding hydrogens is 250 g/mol. The minimum absolute atomic E-state index is 0.104. The Hall–Kier alpha value is -0.690. The van der Waals surface area contributed by atoms with E-state index in [2.05, 4.69) is 25.3 Å². The Morgan fingerprint density at radius 1 is 1.44 bits per heavy atom. The summed E-state index contributed by atoms with van der Waals surface area (Å²) in [6.07, 6.45) is -0.104. The lowest BCUT2D eigenvalue weighted by molar-refractivity contribution is -0.149. The number of rotatable bonds is 4. The molecule has 0 spiro atoms. The summed E-state index contributed by atoms with van der Waals surface area (Å²) >= 11 is 8.01. The number of hydrogen-bond donors (Lipinski definition) is 3. The molecule has 90 valence electrons. The van der Waals surface area contributed by atoms with Crippen LogP contribution in [0.2, 0.25) is 0 Å². The zero-order chi connectivity index (χ0) is 12.3. The molecule has 1 unspecified atom stereocenters. The molecule has 1 rings (SSSR count). The molecule has 0 radical (unpaired) electrons. The molecule has 1 heterocycles. The molecule has 5 nitrogen and oxygen atoms in total. The van der Waals surface area contributed by atoms with Gasteiger partial charge in [0.1, 0.15) is 6.04 Å². The number of hydrogen-bond acceptors (Lipinski definition) is 5. The first kappa shape index (κ1) is 13.4. The second-order valence-corrected chi connectivity index (χ2v) is 4.36. The van der Waals surface area contributed by atoms with Crippen LogP contribution in [0.1, 0.15) is 6.42 Å². The van der Waals surface area contributed by atoms with Crippen LogP contribution in [0, 0.1) is 5.92 Å². The van der Waals surface area contributed by atoms with Gasteiger partial charge in [0.25, 0.3) is 0 Å². The molecule has 16 heavy (non-hydrogen) atoms. The van der Waals surface area contributed by atoms with Gasteiger partial charge in [0, 0.05) is 17.9 Å². The van der Waals surface area contributed by atoms with Crippen LogP contribution in [-0.4, -0.2) is 51.8 Å². The van der Waals surface area contributed by atoms with Crippen molar-refractivity contribution in [3.63, 3.8) is 0 Å². The van der Waals surface area contributed by atoms with Crippen LogP contribution in [0.25, 0.3) is 0 Å². The van der Waals surface area contributed by atoms with E-state index in [9.17, 15) is 14.4 Å². The van der Waals surface area contributed by atoms with E-state index in [0.717, 1.165) is 4.90 Å². The number of Topliss-reactive ketones (excluding diaryl/α,β-unsaturated/α-hetero) is 1. The van der Waals surface area contributed by atoms with Crippen LogP contribution < -0.4 is 0 Å². The zero-order valence-electron chi connectivity index (χ0n) is 8.50. The molecule has 7 heteroatoms. The van der Waals surface area contributed by atoms with Gasteiger partial charge in [-0.2, -0.15) is 25.3 Å². The quantitative estimate of drug-likeness (QED) is 0.610. The van der Waals surface area contributed by atoms with E-state index in [1.54, 1.807) is 0 Å². The van der Waals surface area contributed by atoms with Crippen molar-refractivity contribution in [1.29, 1.82) is 0 Å². The van der Waals surface area contributed by atoms with Crippen molar-refractivity contribution in [3.05, 3.63) is 0 Å². The summed E-state index contributed by atoms with van der Waals surface area (Å²) in [6.45, 7) is -0.117. The van der Waals surface area contributed by atoms with Crippen LogP contribution in [0.3, 0.4) is 0 Å². The summed E-state index contributed by atoms with van der Waals surface area (Å²) in [5.74, 6) is -1.59. The van der Waals surface area contributed by atoms with E-state index in [4.69, 9.17) is 5.11 Å². The SMILES string of the molecule is O=C1CC(C(=O)O)N(C(=O)C(CS)CS)C1. The second kappa shape index (κ2) is 5.58. The number of amides is 1. The van der Waals surface area contributed by atoms with E-state index in [-0.39, 0.29) is 24.7 Å². The van der Waals surface area contributed by atoms with E-state index in [0.29, 0.717) is 11.5 Å². The summed E-state index contributed by atoms with van der Waals surface area (Å²) < 4.78 is 0. The van der Waals surface area contributed by atoms with Gasteiger partial charge in [-0.05, 0) is 0 Å². The molecule has 1 N–H and O–H groups in total. The molecule has 1 aliphatic heterocycles. The van der Waals surface area contributed by atoms with Crippen molar-refractivity contribution < 1.29 is 19.5 Å². The van der Waals surface area contributed by atoms with Crippen molar-refractivity contribution in [1.82, 2.24) is 4.90 Å². The molecule has 0 aliphatic carbocycles. The fourth-order valence-corrected chi connectivity index (χ4v) is 2.37. The Kier molecular flexibility index (Phi) is 4.67. The molecule has 1 aliphatic rings. The molecule has 0 saturated carbocycles. The Bertz CT molecular complexity index is 317. The number of thiol groups is 2. The minimum atomic E-state index is -1.14. The van der Waals surface area contributed by atoms with Crippen molar-refractivity contribution in [2.45, 2.75) is 12.5 Å². The number of ketones is 1. The highest BCUT2D eigenvalue weighted by Gasteiger charge is 2.40. The van der Waals surface area contributed by atoms with Crippen LogP contribution in [-0.2, 0) is 14.4 Å². The van der Waals surface area contributed by atoms with Gasteiger partial charge < -0.3 is 10.0 Å². The standard InChI is InChI=1S/C9H13NO4S2/c11-6-1-7(9(13)14)10(2-6)8(12)5(3-15)4-16/h5,7,15-16H,1-4H2,(H,13,14). The minimum Gasteiger partial charge on any atom is -0.480 e. The predicted molar refractivity (Wildman–Crippen MR) is 64.0 cm³/mol. The third-order valence-corrected chi connectivity index (χ3v) is 3.38. The zero-order valence-corrected chi connectivity index (χ0v) is 10.3. The Morgan fingerprint density at radius 3 is 2.44 bits per heavy atom. The maximum atomic E-state index is 11.9. The second-order valence-electron chi connectivity index (χ2n) is 3.63. The maximum absolute atomic E-state index is 11.9. The Labute approximate surface area is 104 Å². The van der Waals surface area contributed by atoms with E-state index >= 15 is 0 Å². The molecule has 0 aromatic heterocycles. The summed E-state index contributed by atoms with van der Waals surface area (Å²) in [7, 11) is 0. The van der Waals surface area contributed by atoms with Gasteiger partial charge in [0.05, 0.1) is 12.5 Å². The third-order valence-electron chi connectivity index (χ3n) is 2.50. The molecule has 0 bridgehead atoms. The van der Waals surface area contributed by atoms with Crippen molar-refractivity contribution in [2.24, 2.45) is 5.92 Å². The number of carbonyl (C=O) groups is 3. The first-order valence-electron chi connectivity index (χ1n) is 4.78. The highest BCUT2D eigenvalue weighted by molar-refractivity contribution is 7.81. The van der Waals surface area contributed by atoms with Gasteiger partial charge >= 0.3 is 5.97 Å². The topological polar surface area (TPSA) is 74.7 Å². The van der Waals surface area contributed by atoms with Crippen LogP contribution in [0.5, 0.6) is 0 Å². The van der Waals surface area contributed by atoms with Crippen molar-refractivity contribution >= 4 is 42.9 Å². The third kappa shape index (κ3) is 2.70. The maximum Gasteiger partial charge on any atom is 0.326 e. The fourth-order valence-electron chi connectivity index (χ4n) is 1.59. The number of carbonyl (C=O) groups excluding carboxylic acids is 2. The fraction of sp³-hybridized carbons (Fsp3) is 0.667. The lowest BCUT2D eigenvalue weighted by atomic mass is 10.1. The van der Waals surface area contributed by atoms with E-state index in [1.165, 1.54) is 0 Å². The van der Waals surface area contributed by atoms with Gasteiger partial charge in [0.2, 0.25) is 5.91 Å². The van der Waals surface area contributed by atoms with Crippen LogP contribution >= 0.6 is 25.3 Å². The summed E-state index contributed by atoms with van der Waals surface area (Å²) in [4.78, 5) is 35.0. The van der Waals surface area contributed by atoms with Crippen molar-refractivity contribution in [3.8, 4) is 0 Å². The average Bonchev–Trinajstić information content (AvgIpc) is 2.62. The lowest BCUT2D eigenvalue weighted by Gasteiger charge is -2.24. The van der Waals surface area contributed by atoms with Crippen LogP contribution in [0.4, 0.5) is 0 Å².